The number of hydrogen-bond donors (Lipinski definition) is 2. The molecule has 0 radical (unpaired) electrons. The Morgan fingerprint density at radius 3 is 2.55 bits per heavy atom. The number of Topliss-reactive ketones (excluding diaryl/α,β-unsaturated/α-hetero) is 1. The number of aryl methyl sites for hydroxylation is 2. The maximum Gasteiger partial charge on any atom is 0.274 e. The average Bonchev–Trinajstić information content (AvgIpc) is 3.05. The van der Waals surface area contributed by atoms with Crippen LogP contribution in [-0.4, -0.2) is 50.9 Å². The summed E-state index contributed by atoms with van der Waals surface area (Å²) in [5, 5.41) is 12.5. The number of ketones is 1. The van der Waals surface area contributed by atoms with Crippen LogP contribution in [0.15, 0.2) is 60.8 Å². The molecule has 47 heavy (non-hydrogen) atoms. The van der Waals surface area contributed by atoms with Crippen LogP contribution in [-0.2, 0) is 25.8 Å². The zero-order valence-corrected chi connectivity index (χ0v) is 28.2. The number of amides is 1. The molecule has 244 valence electrons. The van der Waals surface area contributed by atoms with E-state index in [-0.39, 0.29) is 24.7 Å². The number of anilines is 1. The standard InChI is InChI=1S/C39H43ClN4O3/c1-24-18-29(19-24)44-16-15-30-25(2)20-35(42-36(30)23-44)37(46)21-28-9-6-11-32(38(28)40)31-10-7-12-33(26(31)3)43-39(47)34-14-13-27(22-41-34)8-4-5-17-45/h6-7,9-14,20,22,24,29,45H,4-5,8,15-19,21,23H2,1-3H3,(H,43,47). The molecule has 7 nitrogen and oxygen atoms in total. The molecule has 1 aliphatic carbocycles. The number of rotatable bonds is 11. The Balaban J connectivity index is 1.17. The number of aliphatic hydroxyl groups is 1. The smallest absolute Gasteiger partial charge is 0.274 e. The highest BCUT2D eigenvalue weighted by atomic mass is 35.5. The number of aliphatic hydroxyl groups excluding tert-OH is 1. The van der Waals surface area contributed by atoms with Gasteiger partial charge in [0.1, 0.15) is 11.4 Å². The molecule has 0 atom stereocenters. The zero-order chi connectivity index (χ0) is 33.1. The molecule has 3 heterocycles. The first-order chi connectivity index (χ1) is 22.7. The maximum atomic E-state index is 13.6. The molecule has 4 aromatic rings. The van der Waals surface area contributed by atoms with Crippen molar-refractivity contribution in [1.29, 1.82) is 0 Å². The number of pyridine rings is 2. The summed E-state index contributed by atoms with van der Waals surface area (Å²) in [6.45, 7) is 8.39. The molecule has 2 aromatic carbocycles. The molecule has 1 fully saturated rings. The highest BCUT2D eigenvalue weighted by molar-refractivity contribution is 6.34. The molecule has 0 unspecified atom stereocenters. The van der Waals surface area contributed by atoms with Gasteiger partial charge in [-0.05, 0) is 110 Å². The molecule has 2 N–H and O–H groups in total. The van der Waals surface area contributed by atoms with Crippen LogP contribution in [0.2, 0.25) is 5.02 Å². The minimum Gasteiger partial charge on any atom is -0.396 e. The first-order valence-electron chi connectivity index (χ1n) is 16.7. The SMILES string of the molecule is Cc1cc(C(=O)Cc2cccc(-c3cccc(NC(=O)c4ccc(CCCCO)cn4)c3C)c2Cl)nc2c1CCN(C1CC(C)C1)C2. The van der Waals surface area contributed by atoms with Crippen molar-refractivity contribution in [3.05, 3.63) is 111 Å². The van der Waals surface area contributed by atoms with Gasteiger partial charge in [-0.25, -0.2) is 4.98 Å². The summed E-state index contributed by atoms with van der Waals surface area (Å²) < 4.78 is 0. The monoisotopic (exact) mass is 650 g/mol. The molecule has 2 aromatic heterocycles. The van der Waals surface area contributed by atoms with Crippen LogP contribution in [0.3, 0.4) is 0 Å². The zero-order valence-electron chi connectivity index (χ0n) is 27.5. The van der Waals surface area contributed by atoms with Crippen molar-refractivity contribution in [2.24, 2.45) is 5.92 Å². The molecule has 1 saturated carbocycles. The van der Waals surface area contributed by atoms with Gasteiger partial charge in [0.25, 0.3) is 5.91 Å². The number of benzene rings is 2. The van der Waals surface area contributed by atoms with Crippen LogP contribution >= 0.6 is 11.6 Å². The summed E-state index contributed by atoms with van der Waals surface area (Å²) in [4.78, 5) is 38.5. The third-order valence-electron chi connectivity index (χ3n) is 9.82. The third kappa shape index (κ3) is 7.33. The summed E-state index contributed by atoms with van der Waals surface area (Å²) in [6.07, 6.45) is 7.76. The van der Waals surface area contributed by atoms with Gasteiger partial charge in [-0.3, -0.25) is 19.5 Å². The van der Waals surface area contributed by atoms with E-state index in [0.29, 0.717) is 28.1 Å². The van der Waals surface area contributed by atoms with Gasteiger partial charge in [-0.1, -0.05) is 54.9 Å². The van der Waals surface area contributed by atoms with E-state index >= 15 is 0 Å². The molecule has 1 amide bonds. The number of carbonyl (C=O) groups is 2. The number of hydrogen-bond acceptors (Lipinski definition) is 6. The Bertz CT molecular complexity index is 1780. The highest BCUT2D eigenvalue weighted by Gasteiger charge is 2.33. The second-order valence-corrected chi connectivity index (χ2v) is 13.6. The Hall–Kier alpha value is -3.91. The van der Waals surface area contributed by atoms with Crippen LogP contribution in [0, 0.1) is 19.8 Å². The second-order valence-electron chi connectivity index (χ2n) is 13.2. The van der Waals surface area contributed by atoms with Gasteiger partial charge >= 0.3 is 0 Å². The Kier molecular flexibility index (Phi) is 10.2. The Morgan fingerprint density at radius 1 is 1.02 bits per heavy atom. The lowest BCUT2D eigenvalue weighted by Crippen LogP contribution is -2.46. The summed E-state index contributed by atoms with van der Waals surface area (Å²) in [7, 11) is 0. The van der Waals surface area contributed by atoms with Gasteiger partial charge in [0.2, 0.25) is 0 Å². The van der Waals surface area contributed by atoms with E-state index in [2.05, 4.69) is 29.0 Å². The molecule has 0 saturated heterocycles. The molecule has 6 rings (SSSR count). The van der Waals surface area contributed by atoms with Crippen LogP contribution in [0.1, 0.15) is 87.1 Å². The molecular formula is C39H43ClN4O3. The minimum absolute atomic E-state index is 0.0472. The normalized spacial score (nSPS) is 17.6. The van der Waals surface area contributed by atoms with E-state index in [1.165, 1.54) is 18.4 Å². The number of halogens is 1. The first kappa shape index (κ1) is 33.0. The second kappa shape index (κ2) is 14.5. The number of nitrogens with zero attached hydrogens (tertiary/aromatic N) is 3. The third-order valence-corrected chi connectivity index (χ3v) is 10.3. The maximum absolute atomic E-state index is 13.6. The molecule has 1 aliphatic heterocycles. The lowest BCUT2D eigenvalue weighted by atomic mass is 9.80. The molecule has 0 bridgehead atoms. The van der Waals surface area contributed by atoms with Crippen molar-refractivity contribution in [2.45, 2.75) is 78.3 Å². The van der Waals surface area contributed by atoms with Crippen molar-refractivity contribution < 1.29 is 14.7 Å². The Labute approximate surface area is 282 Å². The number of aromatic nitrogens is 2. The predicted octanol–water partition coefficient (Wildman–Crippen LogP) is 7.56. The quantitative estimate of drug-likeness (QED) is 0.128. The van der Waals surface area contributed by atoms with Gasteiger partial charge in [-0.15, -0.1) is 0 Å². The fourth-order valence-corrected chi connectivity index (χ4v) is 7.26. The largest absolute Gasteiger partial charge is 0.396 e. The first-order valence-corrected chi connectivity index (χ1v) is 17.1. The average molecular weight is 651 g/mol. The fourth-order valence-electron chi connectivity index (χ4n) is 6.96. The lowest BCUT2D eigenvalue weighted by Gasteiger charge is -2.43. The topological polar surface area (TPSA) is 95.4 Å². The van der Waals surface area contributed by atoms with E-state index < -0.39 is 0 Å². The van der Waals surface area contributed by atoms with E-state index in [4.69, 9.17) is 21.7 Å². The molecular weight excluding hydrogens is 608 g/mol. The van der Waals surface area contributed by atoms with Gasteiger partial charge in [-0.2, -0.15) is 0 Å². The van der Waals surface area contributed by atoms with Gasteiger partial charge in [0.15, 0.2) is 5.78 Å². The van der Waals surface area contributed by atoms with Crippen molar-refractivity contribution >= 4 is 29.0 Å². The van der Waals surface area contributed by atoms with Crippen molar-refractivity contribution in [2.75, 3.05) is 18.5 Å². The van der Waals surface area contributed by atoms with E-state index in [0.717, 1.165) is 83.8 Å². The summed E-state index contributed by atoms with van der Waals surface area (Å²) in [5.74, 6) is 0.452. The van der Waals surface area contributed by atoms with Crippen LogP contribution < -0.4 is 5.32 Å². The molecule has 0 spiro atoms. The summed E-state index contributed by atoms with van der Waals surface area (Å²) in [5.41, 5.74) is 9.28. The minimum atomic E-state index is -0.296. The van der Waals surface area contributed by atoms with Crippen molar-refractivity contribution in [3.8, 4) is 11.1 Å². The van der Waals surface area contributed by atoms with Crippen LogP contribution in [0.25, 0.3) is 11.1 Å². The van der Waals surface area contributed by atoms with Crippen molar-refractivity contribution in [3.63, 3.8) is 0 Å². The number of carbonyl (C=O) groups excluding carboxylic acids is 2. The highest BCUT2D eigenvalue weighted by Crippen LogP contribution is 2.37. The number of nitrogens with one attached hydrogen (secondary N) is 1. The predicted molar refractivity (Wildman–Crippen MR) is 187 cm³/mol. The van der Waals surface area contributed by atoms with Crippen LogP contribution in [0.4, 0.5) is 5.69 Å². The molecule has 8 heteroatoms. The number of unbranched alkanes of at least 4 members (excludes halogenated alkanes) is 1. The lowest BCUT2D eigenvalue weighted by molar-refractivity contribution is 0.0730. The Morgan fingerprint density at radius 2 is 1.81 bits per heavy atom. The van der Waals surface area contributed by atoms with Gasteiger partial charge in [0.05, 0.1) is 10.7 Å². The van der Waals surface area contributed by atoms with E-state index in [9.17, 15) is 9.59 Å². The summed E-state index contributed by atoms with van der Waals surface area (Å²) >= 11 is 7.01. The fraction of sp³-hybridized carbons (Fsp3) is 0.385. The summed E-state index contributed by atoms with van der Waals surface area (Å²) in [6, 6.07) is 17.7. The van der Waals surface area contributed by atoms with Gasteiger partial charge in [0, 0.05) is 49.6 Å². The number of fused-ring (bicyclic) bond motifs is 1. The van der Waals surface area contributed by atoms with E-state index in [1.807, 2.05) is 55.5 Å². The van der Waals surface area contributed by atoms with Gasteiger partial charge < -0.3 is 10.4 Å². The van der Waals surface area contributed by atoms with E-state index in [1.54, 1.807) is 12.3 Å². The molecule has 2 aliphatic rings. The van der Waals surface area contributed by atoms with Crippen molar-refractivity contribution in [1.82, 2.24) is 14.9 Å². The van der Waals surface area contributed by atoms with Crippen LogP contribution in [0.5, 0.6) is 0 Å².